The molecule has 1 aromatic carbocycles. The van der Waals surface area contributed by atoms with E-state index in [4.69, 9.17) is 0 Å². The first-order valence-electron chi connectivity index (χ1n) is 5.51. The van der Waals surface area contributed by atoms with Crippen molar-refractivity contribution in [2.75, 3.05) is 0 Å². The molecule has 0 aliphatic carbocycles. The third kappa shape index (κ3) is 3.41. The van der Waals surface area contributed by atoms with Crippen molar-refractivity contribution in [2.45, 2.75) is 13.3 Å². The minimum absolute atomic E-state index is 0.238. The molecule has 7 heteroatoms. The molecule has 0 unspecified atom stereocenters. The molecular weight excluding hydrogens is 339 g/mol. The summed E-state index contributed by atoms with van der Waals surface area (Å²) in [7, 11) is 0. The minimum Gasteiger partial charge on any atom is -0.406 e. The number of pyridine rings is 1. The lowest BCUT2D eigenvalue weighted by Gasteiger charge is -2.11. The average molecular weight is 348 g/mol. The van der Waals surface area contributed by atoms with E-state index in [2.05, 4.69) is 20.7 Å². The highest BCUT2D eigenvalue weighted by Crippen LogP contribution is 2.23. The van der Waals surface area contributed by atoms with Gasteiger partial charge in [-0.1, -0.05) is 0 Å². The summed E-state index contributed by atoms with van der Waals surface area (Å²) in [4.78, 5) is 12.0. The molecule has 0 saturated heterocycles. The molecule has 0 bridgehead atoms. The number of aromatic nitrogens is 1. The van der Waals surface area contributed by atoms with Crippen molar-refractivity contribution in [3.8, 4) is 11.4 Å². The number of hydrogen-bond acceptors (Lipinski definition) is 2. The van der Waals surface area contributed by atoms with Crippen LogP contribution >= 0.6 is 15.9 Å². The number of aryl methyl sites for hydroxylation is 1. The van der Waals surface area contributed by atoms with E-state index < -0.39 is 6.36 Å². The van der Waals surface area contributed by atoms with Crippen LogP contribution in [-0.4, -0.2) is 10.9 Å². The van der Waals surface area contributed by atoms with E-state index in [1.165, 1.54) is 16.7 Å². The summed E-state index contributed by atoms with van der Waals surface area (Å²) in [6, 6.07) is 6.75. The minimum atomic E-state index is -4.73. The van der Waals surface area contributed by atoms with Gasteiger partial charge in [0.1, 0.15) is 5.75 Å². The summed E-state index contributed by atoms with van der Waals surface area (Å²) in [5, 5.41) is 0. The van der Waals surface area contributed by atoms with Gasteiger partial charge < -0.3 is 4.74 Å². The summed E-state index contributed by atoms with van der Waals surface area (Å²) in [6.07, 6.45) is -3.18. The van der Waals surface area contributed by atoms with E-state index in [-0.39, 0.29) is 11.3 Å². The zero-order valence-electron chi connectivity index (χ0n) is 10.2. The van der Waals surface area contributed by atoms with Crippen LogP contribution < -0.4 is 10.3 Å². The Kier molecular flexibility index (Phi) is 3.89. The second kappa shape index (κ2) is 5.32. The summed E-state index contributed by atoms with van der Waals surface area (Å²) in [5.74, 6) is -0.332. The number of ether oxygens (including phenoxy) is 1. The number of alkyl halides is 3. The monoisotopic (exact) mass is 347 g/mol. The number of nitrogens with zero attached hydrogens (tertiary/aromatic N) is 1. The summed E-state index contributed by atoms with van der Waals surface area (Å²) >= 11 is 3.27. The van der Waals surface area contributed by atoms with Crippen molar-refractivity contribution in [1.82, 2.24) is 4.57 Å². The molecule has 0 fully saturated rings. The van der Waals surface area contributed by atoms with Gasteiger partial charge in [0.25, 0.3) is 5.56 Å². The van der Waals surface area contributed by atoms with Crippen molar-refractivity contribution in [3.63, 3.8) is 0 Å². The standard InChI is InChI=1S/C13H9BrF3NO2/c1-8-6-9(14)7-18(12(8)19)10-2-4-11(5-3-10)20-13(15,16)17/h2-7H,1H3. The predicted molar refractivity (Wildman–Crippen MR) is 71.2 cm³/mol. The first-order chi connectivity index (χ1) is 9.26. The molecule has 0 amide bonds. The Balaban J connectivity index is 2.38. The molecule has 0 spiro atoms. The fraction of sp³-hybridized carbons (Fsp3) is 0.154. The molecule has 20 heavy (non-hydrogen) atoms. The lowest BCUT2D eigenvalue weighted by Crippen LogP contribution is -2.20. The second-order valence-electron chi connectivity index (χ2n) is 4.06. The van der Waals surface area contributed by atoms with Crippen LogP contribution in [0.4, 0.5) is 13.2 Å². The van der Waals surface area contributed by atoms with Gasteiger partial charge in [0.15, 0.2) is 0 Å². The molecule has 106 valence electrons. The Morgan fingerprint density at radius 3 is 2.35 bits per heavy atom. The zero-order valence-corrected chi connectivity index (χ0v) is 11.8. The van der Waals surface area contributed by atoms with Crippen LogP contribution in [0.3, 0.4) is 0 Å². The van der Waals surface area contributed by atoms with Gasteiger partial charge in [0.2, 0.25) is 0 Å². The normalized spacial score (nSPS) is 11.4. The molecule has 0 atom stereocenters. The van der Waals surface area contributed by atoms with Crippen LogP contribution in [0.1, 0.15) is 5.56 Å². The highest BCUT2D eigenvalue weighted by atomic mass is 79.9. The van der Waals surface area contributed by atoms with Crippen LogP contribution in [-0.2, 0) is 0 Å². The van der Waals surface area contributed by atoms with E-state index in [1.807, 2.05) is 0 Å². The maximum Gasteiger partial charge on any atom is 0.573 e. The Hall–Kier alpha value is -1.76. The van der Waals surface area contributed by atoms with Crippen molar-refractivity contribution < 1.29 is 17.9 Å². The van der Waals surface area contributed by atoms with E-state index in [9.17, 15) is 18.0 Å². The van der Waals surface area contributed by atoms with Crippen LogP contribution in [0.5, 0.6) is 5.75 Å². The summed E-state index contributed by atoms with van der Waals surface area (Å²) < 4.78 is 42.0. The van der Waals surface area contributed by atoms with Gasteiger partial charge in [-0.15, -0.1) is 13.2 Å². The van der Waals surface area contributed by atoms with Gasteiger partial charge >= 0.3 is 6.36 Å². The van der Waals surface area contributed by atoms with E-state index in [0.29, 0.717) is 15.7 Å². The fourth-order valence-corrected chi connectivity index (χ4v) is 2.23. The second-order valence-corrected chi connectivity index (χ2v) is 4.97. The van der Waals surface area contributed by atoms with Crippen LogP contribution in [0.2, 0.25) is 0 Å². The van der Waals surface area contributed by atoms with E-state index in [1.54, 1.807) is 19.2 Å². The average Bonchev–Trinajstić information content (AvgIpc) is 2.33. The SMILES string of the molecule is Cc1cc(Br)cn(-c2ccc(OC(F)(F)F)cc2)c1=O. The van der Waals surface area contributed by atoms with Gasteiger partial charge in [-0.05, 0) is 53.2 Å². The smallest absolute Gasteiger partial charge is 0.406 e. The van der Waals surface area contributed by atoms with E-state index >= 15 is 0 Å². The van der Waals surface area contributed by atoms with Gasteiger partial charge in [-0.25, -0.2) is 0 Å². The van der Waals surface area contributed by atoms with Gasteiger partial charge in [0.05, 0.1) is 0 Å². The number of rotatable bonds is 2. The van der Waals surface area contributed by atoms with Crippen LogP contribution in [0.25, 0.3) is 5.69 Å². The lowest BCUT2D eigenvalue weighted by molar-refractivity contribution is -0.274. The molecular formula is C13H9BrF3NO2. The topological polar surface area (TPSA) is 31.2 Å². The molecule has 1 aromatic heterocycles. The highest BCUT2D eigenvalue weighted by molar-refractivity contribution is 9.10. The van der Waals surface area contributed by atoms with Crippen molar-refractivity contribution in [1.29, 1.82) is 0 Å². The first kappa shape index (κ1) is 14.6. The maximum absolute atomic E-state index is 12.1. The molecule has 2 aromatic rings. The Morgan fingerprint density at radius 1 is 1.20 bits per heavy atom. The molecule has 0 radical (unpaired) electrons. The largest absolute Gasteiger partial charge is 0.573 e. The highest BCUT2D eigenvalue weighted by Gasteiger charge is 2.30. The van der Waals surface area contributed by atoms with E-state index in [0.717, 1.165) is 12.1 Å². The molecule has 0 aliphatic heterocycles. The molecule has 3 nitrogen and oxygen atoms in total. The number of halogens is 4. The maximum atomic E-state index is 12.1. The van der Waals surface area contributed by atoms with Crippen LogP contribution in [0, 0.1) is 6.92 Å². The summed E-state index contributed by atoms with van der Waals surface area (Å²) in [6.45, 7) is 1.66. The molecule has 0 N–H and O–H groups in total. The van der Waals surface area contributed by atoms with Crippen molar-refractivity contribution >= 4 is 15.9 Å². The molecule has 1 heterocycles. The Morgan fingerprint density at radius 2 is 1.80 bits per heavy atom. The van der Waals surface area contributed by atoms with Crippen molar-refractivity contribution in [3.05, 3.63) is 56.9 Å². The zero-order chi connectivity index (χ0) is 14.9. The fourth-order valence-electron chi connectivity index (χ4n) is 1.68. The first-order valence-corrected chi connectivity index (χ1v) is 6.30. The number of hydrogen-bond donors (Lipinski definition) is 0. The van der Waals surface area contributed by atoms with Crippen LogP contribution in [0.15, 0.2) is 45.8 Å². The molecule has 0 aliphatic rings. The third-order valence-corrected chi connectivity index (χ3v) is 2.95. The lowest BCUT2D eigenvalue weighted by atomic mass is 10.2. The van der Waals surface area contributed by atoms with Gasteiger partial charge in [0, 0.05) is 21.9 Å². The molecule has 2 rings (SSSR count). The summed E-state index contributed by atoms with van der Waals surface area (Å²) in [5.41, 5.74) is 0.738. The Labute approximate surface area is 120 Å². The molecule has 0 saturated carbocycles. The van der Waals surface area contributed by atoms with Crippen molar-refractivity contribution in [2.24, 2.45) is 0 Å². The quantitative estimate of drug-likeness (QED) is 0.827. The predicted octanol–water partition coefficient (Wildman–Crippen LogP) is 3.81. The number of benzene rings is 1. The van der Waals surface area contributed by atoms with Gasteiger partial charge in [-0.3, -0.25) is 9.36 Å². The third-order valence-electron chi connectivity index (χ3n) is 2.51. The Bertz CT molecular complexity index is 677. The van der Waals surface area contributed by atoms with Gasteiger partial charge in [-0.2, -0.15) is 0 Å².